The van der Waals surface area contributed by atoms with Gasteiger partial charge >= 0.3 is 0 Å². The molecule has 1 saturated heterocycles. The molecule has 3 amide bonds. The van der Waals surface area contributed by atoms with Gasteiger partial charge in [0.25, 0.3) is 17.7 Å². The van der Waals surface area contributed by atoms with E-state index in [1.54, 1.807) is 64.9 Å². The largest absolute Gasteiger partial charge is 0.336 e. The lowest BCUT2D eigenvalue weighted by Crippen LogP contribution is -2.57. The van der Waals surface area contributed by atoms with Crippen molar-refractivity contribution in [1.82, 2.24) is 15.1 Å². The number of hydrogen-bond acceptors (Lipinski definition) is 6. The van der Waals surface area contributed by atoms with Crippen LogP contribution in [-0.4, -0.2) is 67.5 Å². The lowest BCUT2D eigenvalue weighted by Gasteiger charge is -2.36. The third-order valence-corrected chi connectivity index (χ3v) is 8.54. The molecule has 2 aromatic carbocycles. The Morgan fingerprint density at radius 1 is 0.886 bits per heavy atom. The van der Waals surface area contributed by atoms with Crippen LogP contribution in [0.5, 0.6) is 0 Å². The summed E-state index contributed by atoms with van der Waals surface area (Å²) < 4.78 is 26.8. The van der Waals surface area contributed by atoms with Crippen molar-refractivity contribution in [3.63, 3.8) is 0 Å². The first-order chi connectivity index (χ1) is 16.8. The highest BCUT2D eigenvalue weighted by molar-refractivity contribution is 7.92. The van der Waals surface area contributed by atoms with Crippen LogP contribution in [0.25, 0.3) is 0 Å². The molecule has 1 aromatic heterocycles. The molecule has 3 aromatic rings. The van der Waals surface area contributed by atoms with Gasteiger partial charge in [-0.1, -0.05) is 41.9 Å². The minimum atomic E-state index is -4.23. The Balaban J connectivity index is 1.52. The molecule has 35 heavy (non-hydrogen) atoms. The van der Waals surface area contributed by atoms with Gasteiger partial charge in [-0.25, -0.2) is 8.42 Å². The minimum Gasteiger partial charge on any atom is -0.336 e. The average molecular weight is 532 g/mol. The van der Waals surface area contributed by atoms with E-state index < -0.39 is 27.0 Å². The van der Waals surface area contributed by atoms with Crippen LogP contribution in [0.15, 0.2) is 77.0 Å². The van der Waals surface area contributed by atoms with E-state index in [0.29, 0.717) is 15.5 Å². The van der Waals surface area contributed by atoms with Crippen LogP contribution in [0.3, 0.4) is 0 Å². The molecule has 1 atom stereocenters. The van der Waals surface area contributed by atoms with Gasteiger partial charge in [-0.15, -0.1) is 11.3 Å². The zero-order chi connectivity index (χ0) is 25.0. The predicted octanol–water partition coefficient (Wildman–Crippen LogP) is 2.92. The molecule has 4 rings (SSSR count). The molecular weight excluding hydrogens is 510 g/mol. The Morgan fingerprint density at radius 2 is 1.57 bits per heavy atom. The molecule has 0 saturated carbocycles. The lowest BCUT2D eigenvalue weighted by atomic mass is 10.2. The summed E-state index contributed by atoms with van der Waals surface area (Å²) in [5, 5.41) is 2.75. The van der Waals surface area contributed by atoms with E-state index in [0.717, 1.165) is 11.3 Å². The zero-order valence-electron chi connectivity index (χ0n) is 18.5. The molecule has 11 heteroatoms. The number of rotatable bonds is 6. The second-order valence-corrected chi connectivity index (χ2v) is 11.2. The Labute approximate surface area is 212 Å². The van der Waals surface area contributed by atoms with Crippen LogP contribution >= 0.6 is 22.9 Å². The molecule has 1 aliphatic rings. The van der Waals surface area contributed by atoms with Crippen molar-refractivity contribution in [3.8, 4) is 0 Å². The summed E-state index contributed by atoms with van der Waals surface area (Å²) in [5.74, 6) is -1.61. The van der Waals surface area contributed by atoms with Crippen molar-refractivity contribution >= 4 is 50.5 Å². The van der Waals surface area contributed by atoms with Crippen molar-refractivity contribution < 1.29 is 22.8 Å². The Bertz CT molecular complexity index is 1320. The van der Waals surface area contributed by atoms with E-state index in [1.807, 2.05) is 0 Å². The number of benzene rings is 2. The number of nitrogens with one attached hydrogen (secondary N) is 1. The van der Waals surface area contributed by atoms with Crippen molar-refractivity contribution in [3.05, 3.63) is 87.6 Å². The third-order valence-electron chi connectivity index (χ3n) is 5.56. The number of halogens is 1. The van der Waals surface area contributed by atoms with Crippen LogP contribution in [-0.2, 0) is 14.6 Å². The lowest BCUT2D eigenvalue weighted by molar-refractivity contribution is -0.132. The second kappa shape index (κ2) is 10.6. The van der Waals surface area contributed by atoms with Gasteiger partial charge in [-0.3, -0.25) is 14.4 Å². The van der Waals surface area contributed by atoms with Crippen LogP contribution in [0, 0.1) is 0 Å². The molecule has 1 N–H and O–H groups in total. The van der Waals surface area contributed by atoms with E-state index in [4.69, 9.17) is 11.6 Å². The van der Waals surface area contributed by atoms with Gasteiger partial charge < -0.3 is 15.1 Å². The van der Waals surface area contributed by atoms with Gasteiger partial charge in [0, 0.05) is 36.8 Å². The number of sulfone groups is 1. The Hall–Kier alpha value is -3.21. The predicted molar refractivity (Wildman–Crippen MR) is 133 cm³/mol. The second-order valence-electron chi connectivity index (χ2n) is 7.82. The van der Waals surface area contributed by atoms with Gasteiger partial charge in [-0.2, -0.15) is 0 Å². The highest BCUT2D eigenvalue weighted by Crippen LogP contribution is 2.20. The van der Waals surface area contributed by atoms with Crippen LogP contribution in [0.4, 0.5) is 0 Å². The van der Waals surface area contributed by atoms with Gasteiger partial charge in [0.15, 0.2) is 0 Å². The quantitative estimate of drug-likeness (QED) is 0.527. The average Bonchev–Trinajstić information content (AvgIpc) is 3.42. The molecule has 1 aliphatic heterocycles. The van der Waals surface area contributed by atoms with Gasteiger partial charge in [-0.05, 0) is 41.8 Å². The Kier molecular flexibility index (Phi) is 7.54. The summed E-state index contributed by atoms with van der Waals surface area (Å²) in [7, 11) is -4.23. The standard InChI is InChI=1S/C24H22ClN3O5S2/c25-18-7-4-6-17(16-18)23(30)27-11-13-28(14-12-27)24(31)22(26-21(29)20-10-5-15-34-20)35(32,33)19-8-2-1-3-9-19/h1-10,15-16,22H,11-14H2,(H,26,29)/t22-/m0/s1. The normalized spacial score (nSPS) is 14.9. The van der Waals surface area contributed by atoms with Crippen LogP contribution < -0.4 is 5.32 Å². The highest BCUT2D eigenvalue weighted by atomic mass is 35.5. The number of amides is 3. The van der Waals surface area contributed by atoms with E-state index in [-0.39, 0.29) is 37.0 Å². The maximum absolute atomic E-state index is 13.4. The maximum atomic E-state index is 13.4. The first-order valence-electron chi connectivity index (χ1n) is 10.7. The number of piperazine rings is 1. The summed E-state index contributed by atoms with van der Waals surface area (Å²) >= 11 is 7.13. The van der Waals surface area contributed by atoms with E-state index in [2.05, 4.69) is 5.32 Å². The van der Waals surface area contributed by atoms with Crippen LogP contribution in [0.1, 0.15) is 20.0 Å². The minimum absolute atomic E-state index is 0.0698. The summed E-state index contributed by atoms with van der Waals surface area (Å²) in [6.45, 7) is 0.684. The Morgan fingerprint density at radius 3 is 2.20 bits per heavy atom. The molecule has 1 fully saturated rings. The van der Waals surface area contributed by atoms with Crippen LogP contribution in [0.2, 0.25) is 5.02 Å². The van der Waals surface area contributed by atoms with Gasteiger partial charge in [0.2, 0.25) is 15.2 Å². The number of thiophene rings is 1. The van der Waals surface area contributed by atoms with Gasteiger partial charge in [0.1, 0.15) is 0 Å². The van der Waals surface area contributed by atoms with E-state index in [9.17, 15) is 22.8 Å². The summed E-state index contributed by atoms with van der Waals surface area (Å²) in [6, 6.07) is 17.3. The molecular formula is C24H22ClN3O5S2. The molecule has 0 radical (unpaired) electrons. The molecule has 0 unspecified atom stereocenters. The van der Waals surface area contributed by atoms with E-state index >= 15 is 0 Å². The molecule has 8 nitrogen and oxygen atoms in total. The number of carbonyl (C=O) groups is 3. The third kappa shape index (κ3) is 5.55. The first-order valence-corrected chi connectivity index (χ1v) is 13.5. The first kappa shape index (κ1) is 24.9. The fraction of sp³-hybridized carbons (Fsp3) is 0.208. The fourth-order valence-electron chi connectivity index (χ4n) is 3.72. The monoisotopic (exact) mass is 531 g/mol. The summed E-state index contributed by atoms with van der Waals surface area (Å²) in [5.41, 5.74) is 0.435. The van der Waals surface area contributed by atoms with Crippen molar-refractivity contribution in [1.29, 1.82) is 0 Å². The molecule has 2 heterocycles. The van der Waals surface area contributed by atoms with Crippen molar-refractivity contribution in [2.45, 2.75) is 10.3 Å². The highest BCUT2D eigenvalue weighted by Gasteiger charge is 2.39. The van der Waals surface area contributed by atoms with Gasteiger partial charge in [0.05, 0.1) is 9.77 Å². The fourth-order valence-corrected chi connectivity index (χ4v) is 6.02. The SMILES string of the molecule is O=C(N[C@H](C(=O)N1CCN(C(=O)c2cccc(Cl)c2)CC1)S(=O)(=O)c1ccccc1)c1cccs1. The molecule has 0 aliphatic carbocycles. The van der Waals surface area contributed by atoms with Crippen molar-refractivity contribution in [2.75, 3.05) is 26.2 Å². The molecule has 0 spiro atoms. The number of hydrogen-bond donors (Lipinski definition) is 1. The smallest absolute Gasteiger partial charge is 0.262 e. The molecule has 182 valence electrons. The number of nitrogens with zero attached hydrogens (tertiary/aromatic N) is 2. The summed E-state index contributed by atoms with van der Waals surface area (Å²) in [6.07, 6.45) is 0. The van der Waals surface area contributed by atoms with Crippen molar-refractivity contribution in [2.24, 2.45) is 0 Å². The number of carbonyl (C=O) groups excluding carboxylic acids is 3. The maximum Gasteiger partial charge on any atom is 0.262 e. The van der Waals surface area contributed by atoms with E-state index in [1.165, 1.54) is 17.0 Å². The summed E-state index contributed by atoms with van der Waals surface area (Å²) in [4.78, 5) is 42.1. The zero-order valence-corrected chi connectivity index (χ0v) is 20.9. The topological polar surface area (TPSA) is 104 Å². The molecule has 0 bridgehead atoms.